The lowest BCUT2D eigenvalue weighted by Crippen LogP contribution is -2.33. The fourth-order valence-corrected chi connectivity index (χ4v) is 2.61. The number of rotatable bonds is 7. The van der Waals surface area contributed by atoms with Crippen molar-refractivity contribution in [3.05, 3.63) is 35.4 Å². The van der Waals surface area contributed by atoms with Crippen molar-refractivity contribution in [3.63, 3.8) is 0 Å². The van der Waals surface area contributed by atoms with Crippen molar-refractivity contribution in [2.75, 3.05) is 26.8 Å². The van der Waals surface area contributed by atoms with Crippen LogP contribution in [0.1, 0.15) is 30.4 Å². The summed E-state index contributed by atoms with van der Waals surface area (Å²) in [7, 11) is 1.41. The summed E-state index contributed by atoms with van der Waals surface area (Å²) < 4.78 is 10.4. The molecule has 1 aliphatic heterocycles. The summed E-state index contributed by atoms with van der Waals surface area (Å²) in [6.45, 7) is 3.03. The zero-order valence-electron chi connectivity index (χ0n) is 13.0. The van der Waals surface area contributed by atoms with Gasteiger partial charge in [0.15, 0.2) is 0 Å². The summed E-state index contributed by atoms with van der Waals surface area (Å²) in [5, 5.41) is 8.84. The van der Waals surface area contributed by atoms with E-state index in [9.17, 15) is 4.79 Å². The van der Waals surface area contributed by atoms with Gasteiger partial charge in [-0.15, -0.1) is 0 Å². The van der Waals surface area contributed by atoms with Crippen molar-refractivity contribution in [2.45, 2.75) is 31.9 Å². The summed E-state index contributed by atoms with van der Waals surface area (Å²) in [4.78, 5) is 13.6. The number of ether oxygens (including phenoxy) is 2. The second kappa shape index (κ2) is 8.52. The smallest absolute Gasteiger partial charge is 0.306 e. The van der Waals surface area contributed by atoms with Crippen LogP contribution >= 0.6 is 0 Å². The maximum absolute atomic E-state index is 11.4. The average molecular weight is 302 g/mol. The Labute approximate surface area is 131 Å². The van der Waals surface area contributed by atoms with Crippen LogP contribution in [0.5, 0.6) is 0 Å². The van der Waals surface area contributed by atoms with E-state index >= 15 is 0 Å². The number of nitrogens with zero attached hydrogens (tertiary/aromatic N) is 2. The second-order valence-electron chi connectivity index (χ2n) is 5.51. The zero-order chi connectivity index (χ0) is 15.8. The highest BCUT2D eigenvalue weighted by atomic mass is 16.5. The van der Waals surface area contributed by atoms with Crippen LogP contribution in [0, 0.1) is 11.3 Å². The van der Waals surface area contributed by atoms with Crippen LogP contribution in [-0.2, 0) is 20.8 Å². The van der Waals surface area contributed by atoms with Crippen LogP contribution in [0.25, 0.3) is 0 Å². The van der Waals surface area contributed by atoms with E-state index in [0.29, 0.717) is 18.5 Å². The van der Waals surface area contributed by atoms with Gasteiger partial charge in [0, 0.05) is 26.2 Å². The van der Waals surface area contributed by atoms with Crippen LogP contribution < -0.4 is 0 Å². The van der Waals surface area contributed by atoms with E-state index in [4.69, 9.17) is 14.7 Å². The molecule has 2 rings (SSSR count). The number of carbonyl (C=O) groups excluding carboxylic acids is 1. The molecule has 0 spiro atoms. The molecule has 1 atom stereocenters. The third kappa shape index (κ3) is 5.14. The van der Waals surface area contributed by atoms with Crippen molar-refractivity contribution >= 4 is 5.97 Å². The monoisotopic (exact) mass is 302 g/mol. The lowest BCUT2D eigenvalue weighted by molar-refractivity contribution is -0.141. The van der Waals surface area contributed by atoms with Crippen molar-refractivity contribution in [1.82, 2.24) is 4.90 Å². The number of hydrogen-bond donors (Lipinski definition) is 0. The first kappa shape index (κ1) is 16.5. The lowest BCUT2D eigenvalue weighted by atomic mass is 10.1. The van der Waals surface area contributed by atoms with Gasteiger partial charge >= 0.3 is 5.97 Å². The van der Waals surface area contributed by atoms with Gasteiger partial charge in [0.1, 0.15) is 0 Å². The number of nitriles is 1. The van der Waals surface area contributed by atoms with Crippen molar-refractivity contribution in [2.24, 2.45) is 0 Å². The molecule has 1 saturated heterocycles. The Morgan fingerprint density at radius 3 is 2.82 bits per heavy atom. The standard InChI is InChI=1S/C17H22N2O3/c1-21-17(20)8-9-19(13-16-3-2-10-22-16)12-15-6-4-14(11-18)5-7-15/h4-7,16H,2-3,8-10,12-13H2,1H3. The van der Waals surface area contributed by atoms with Gasteiger partial charge in [0.2, 0.25) is 0 Å². The maximum atomic E-state index is 11.4. The Hall–Kier alpha value is -1.90. The molecule has 1 aromatic carbocycles. The number of hydrogen-bond acceptors (Lipinski definition) is 5. The molecule has 0 amide bonds. The molecule has 1 fully saturated rings. The van der Waals surface area contributed by atoms with E-state index in [-0.39, 0.29) is 12.1 Å². The fourth-order valence-electron chi connectivity index (χ4n) is 2.61. The Morgan fingerprint density at radius 1 is 1.45 bits per heavy atom. The summed E-state index contributed by atoms with van der Waals surface area (Å²) in [6.07, 6.45) is 2.80. The maximum Gasteiger partial charge on any atom is 0.306 e. The van der Waals surface area contributed by atoms with Crippen molar-refractivity contribution in [3.8, 4) is 6.07 Å². The largest absolute Gasteiger partial charge is 0.469 e. The molecule has 1 unspecified atom stereocenters. The molecule has 0 saturated carbocycles. The highest BCUT2D eigenvalue weighted by Crippen LogP contribution is 2.15. The predicted octanol–water partition coefficient (Wildman–Crippen LogP) is 2.10. The minimum absolute atomic E-state index is 0.197. The minimum atomic E-state index is -0.197. The minimum Gasteiger partial charge on any atom is -0.469 e. The summed E-state index contributed by atoms with van der Waals surface area (Å²) in [5.41, 5.74) is 1.78. The summed E-state index contributed by atoms with van der Waals surface area (Å²) in [5.74, 6) is -0.197. The van der Waals surface area contributed by atoms with Gasteiger partial charge in [-0.1, -0.05) is 12.1 Å². The third-order valence-electron chi connectivity index (χ3n) is 3.83. The molecule has 1 aliphatic rings. The molecule has 0 aliphatic carbocycles. The van der Waals surface area contributed by atoms with Gasteiger partial charge in [0.05, 0.1) is 31.3 Å². The van der Waals surface area contributed by atoms with Crippen LogP contribution in [0.2, 0.25) is 0 Å². The van der Waals surface area contributed by atoms with Crippen LogP contribution in [0.4, 0.5) is 0 Å². The zero-order valence-corrected chi connectivity index (χ0v) is 13.0. The van der Waals surface area contributed by atoms with Gasteiger partial charge in [-0.05, 0) is 30.5 Å². The molecule has 0 N–H and O–H groups in total. The van der Waals surface area contributed by atoms with Crippen LogP contribution in [0.15, 0.2) is 24.3 Å². The summed E-state index contributed by atoms with van der Waals surface area (Å²) >= 11 is 0. The number of benzene rings is 1. The Bertz CT molecular complexity index is 516. The molecule has 0 aromatic heterocycles. The van der Waals surface area contributed by atoms with Gasteiger partial charge in [-0.2, -0.15) is 5.26 Å². The van der Waals surface area contributed by atoms with Crippen LogP contribution in [0.3, 0.4) is 0 Å². The van der Waals surface area contributed by atoms with Gasteiger partial charge in [-0.3, -0.25) is 9.69 Å². The van der Waals surface area contributed by atoms with Gasteiger partial charge in [0.25, 0.3) is 0 Å². The molecule has 1 heterocycles. The Balaban J connectivity index is 1.95. The molecule has 118 valence electrons. The van der Waals surface area contributed by atoms with E-state index in [1.165, 1.54) is 7.11 Å². The topological polar surface area (TPSA) is 62.6 Å². The van der Waals surface area contributed by atoms with Crippen LogP contribution in [-0.4, -0.2) is 43.8 Å². The first-order chi connectivity index (χ1) is 10.7. The first-order valence-electron chi connectivity index (χ1n) is 7.61. The first-order valence-corrected chi connectivity index (χ1v) is 7.61. The molecule has 5 nitrogen and oxygen atoms in total. The van der Waals surface area contributed by atoms with E-state index in [1.54, 1.807) is 0 Å². The average Bonchev–Trinajstić information content (AvgIpc) is 3.06. The predicted molar refractivity (Wildman–Crippen MR) is 82.0 cm³/mol. The van der Waals surface area contributed by atoms with E-state index in [0.717, 1.165) is 38.1 Å². The molecule has 0 radical (unpaired) electrons. The Morgan fingerprint density at radius 2 is 2.23 bits per heavy atom. The lowest BCUT2D eigenvalue weighted by Gasteiger charge is -2.25. The molecular weight excluding hydrogens is 280 g/mol. The quantitative estimate of drug-likeness (QED) is 0.722. The molecule has 5 heteroatoms. The molecule has 1 aromatic rings. The van der Waals surface area contributed by atoms with E-state index < -0.39 is 0 Å². The van der Waals surface area contributed by atoms with Gasteiger partial charge in [-0.25, -0.2) is 0 Å². The van der Waals surface area contributed by atoms with Gasteiger partial charge < -0.3 is 9.47 Å². The van der Waals surface area contributed by atoms with E-state index in [2.05, 4.69) is 11.0 Å². The third-order valence-corrected chi connectivity index (χ3v) is 3.83. The Kier molecular flexibility index (Phi) is 6.38. The number of methoxy groups -OCH3 is 1. The normalized spacial score (nSPS) is 17.4. The molecule has 22 heavy (non-hydrogen) atoms. The molecule has 0 bridgehead atoms. The highest BCUT2D eigenvalue weighted by Gasteiger charge is 2.20. The molecular formula is C17H22N2O3. The van der Waals surface area contributed by atoms with Crippen molar-refractivity contribution < 1.29 is 14.3 Å². The second-order valence-corrected chi connectivity index (χ2v) is 5.51. The fraction of sp³-hybridized carbons (Fsp3) is 0.529. The number of carbonyl (C=O) groups is 1. The number of esters is 1. The van der Waals surface area contributed by atoms with Crippen molar-refractivity contribution in [1.29, 1.82) is 5.26 Å². The van der Waals surface area contributed by atoms with E-state index in [1.807, 2.05) is 24.3 Å². The SMILES string of the molecule is COC(=O)CCN(Cc1ccc(C#N)cc1)CC1CCCO1. The summed E-state index contributed by atoms with van der Waals surface area (Å²) in [6, 6.07) is 9.67. The highest BCUT2D eigenvalue weighted by molar-refractivity contribution is 5.69.